The lowest BCUT2D eigenvalue weighted by Gasteiger charge is -2.42. The second-order valence-corrected chi connectivity index (χ2v) is 4.55. The first-order valence-corrected chi connectivity index (χ1v) is 5.45. The molecule has 82 valence electrons. The number of hydrogen-bond acceptors (Lipinski definition) is 3. The Bertz CT molecular complexity index is 307. The van der Waals surface area contributed by atoms with Crippen LogP contribution in [-0.4, -0.2) is 30.8 Å². The molecule has 1 aliphatic heterocycles. The van der Waals surface area contributed by atoms with E-state index in [-0.39, 0.29) is 5.41 Å². The summed E-state index contributed by atoms with van der Waals surface area (Å²) in [5.74, 6) is 0. The SMILES string of the molecule is CC(C)NCC1(c2cccnc2)COC1. The summed E-state index contributed by atoms with van der Waals surface area (Å²) in [6.45, 7) is 6.90. The molecule has 0 unspecified atom stereocenters. The predicted molar refractivity (Wildman–Crippen MR) is 59.9 cm³/mol. The number of nitrogens with zero attached hydrogens (tertiary/aromatic N) is 1. The van der Waals surface area contributed by atoms with Crippen molar-refractivity contribution in [3.8, 4) is 0 Å². The van der Waals surface area contributed by atoms with Gasteiger partial charge in [0.1, 0.15) is 0 Å². The molecule has 15 heavy (non-hydrogen) atoms. The van der Waals surface area contributed by atoms with E-state index in [9.17, 15) is 0 Å². The molecule has 2 rings (SSSR count). The highest BCUT2D eigenvalue weighted by Gasteiger charge is 2.40. The Morgan fingerprint density at radius 2 is 2.33 bits per heavy atom. The van der Waals surface area contributed by atoms with E-state index in [4.69, 9.17) is 4.74 Å². The minimum atomic E-state index is 0.151. The maximum Gasteiger partial charge on any atom is 0.0598 e. The van der Waals surface area contributed by atoms with Crippen LogP contribution in [0.5, 0.6) is 0 Å². The monoisotopic (exact) mass is 206 g/mol. The average Bonchev–Trinajstić information content (AvgIpc) is 2.17. The summed E-state index contributed by atoms with van der Waals surface area (Å²) in [6, 6.07) is 4.64. The van der Waals surface area contributed by atoms with Gasteiger partial charge >= 0.3 is 0 Å². The molecule has 0 radical (unpaired) electrons. The zero-order valence-electron chi connectivity index (χ0n) is 9.36. The molecule has 3 nitrogen and oxygen atoms in total. The summed E-state index contributed by atoms with van der Waals surface area (Å²) in [6.07, 6.45) is 3.76. The van der Waals surface area contributed by atoms with Crippen molar-refractivity contribution in [1.82, 2.24) is 10.3 Å². The number of hydrogen-bond donors (Lipinski definition) is 1. The Balaban J connectivity index is 2.08. The van der Waals surface area contributed by atoms with E-state index in [2.05, 4.69) is 30.2 Å². The van der Waals surface area contributed by atoms with Crippen LogP contribution < -0.4 is 5.32 Å². The first-order chi connectivity index (χ1) is 7.23. The fraction of sp³-hybridized carbons (Fsp3) is 0.583. The third-order valence-electron chi connectivity index (χ3n) is 2.88. The highest BCUT2D eigenvalue weighted by Crippen LogP contribution is 2.31. The van der Waals surface area contributed by atoms with Crippen molar-refractivity contribution in [2.24, 2.45) is 0 Å². The third kappa shape index (κ3) is 2.19. The summed E-state index contributed by atoms with van der Waals surface area (Å²) in [5, 5.41) is 3.48. The second kappa shape index (κ2) is 4.29. The molecule has 0 aromatic carbocycles. The fourth-order valence-electron chi connectivity index (χ4n) is 1.80. The van der Waals surface area contributed by atoms with E-state index in [1.54, 1.807) is 0 Å². The van der Waals surface area contributed by atoms with E-state index in [0.717, 1.165) is 19.8 Å². The van der Waals surface area contributed by atoms with Crippen molar-refractivity contribution in [2.75, 3.05) is 19.8 Å². The van der Waals surface area contributed by atoms with Crippen LogP contribution >= 0.6 is 0 Å². The topological polar surface area (TPSA) is 34.2 Å². The van der Waals surface area contributed by atoms with Gasteiger partial charge in [0, 0.05) is 25.0 Å². The summed E-state index contributed by atoms with van der Waals surface area (Å²) in [4.78, 5) is 4.18. The summed E-state index contributed by atoms with van der Waals surface area (Å²) >= 11 is 0. The molecule has 1 aromatic heterocycles. The number of aromatic nitrogens is 1. The standard InChI is InChI=1S/C12H18N2O/c1-10(2)14-7-12(8-15-9-12)11-4-3-5-13-6-11/h3-6,10,14H,7-9H2,1-2H3. The van der Waals surface area contributed by atoms with Crippen molar-refractivity contribution in [1.29, 1.82) is 0 Å². The van der Waals surface area contributed by atoms with Crippen LogP contribution in [-0.2, 0) is 10.2 Å². The highest BCUT2D eigenvalue weighted by molar-refractivity contribution is 5.25. The van der Waals surface area contributed by atoms with Crippen LogP contribution in [0.15, 0.2) is 24.5 Å². The van der Waals surface area contributed by atoms with E-state index in [1.165, 1.54) is 5.56 Å². The Labute approximate surface area is 90.9 Å². The molecular weight excluding hydrogens is 188 g/mol. The van der Waals surface area contributed by atoms with Gasteiger partial charge < -0.3 is 10.1 Å². The van der Waals surface area contributed by atoms with Crippen molar-refractivity contribution >= 4 is 0 Å². The third-order valence-corrected chi connectivity index (χ3v) is 2.88. The van der Waals surface area contributed by atoms with Gasteiger partial charge in [0.05, 0.1) is 18.6 Å². The molecule has 2 heterocycles. The van der Waals surface area contributed by atoms with Crippen LogP contribution in [0.3, 0.4) is 0 Å². The Morgan fingerprint density at radius 1 is 1.53 bits per heavy atom. The largest absolute Gasteiger partial charge is 0.379 e. The molecule has 3 heteroatoms. The molecule has 1 aromatic rings. The van der Waals surface area contributed by atoms with Gasteiger partial charge in [0.25, 0.3) is 0 Å². The van der Waals surface area contributed by atoms with Crippen molar-refractivity contribution in [3.05, 3.63) is 30.1 Å². The van der Waals surface area contributed by atoms with Crippen LogP contribution in [0.4, 0.5) is 0 Å². The molecular formula is C12H18N2O. The maximum atomic E-state index is 5.36. The maximum absolute atomic E-state index is 5.36. The lowest BCUT2D eigenvalue weighted by Crippen LogP contribution is -2.54. The normalized spacial score (nSPS) is 18.9. The van der Waals surface area contributed by atoms with Gasteiger partial charge in [0.2, 0.25) is 0 Å². The Hall–Kier alpha value is -0.930. The van der Waals surface area contributed by atoms with Crippen LogP contribution in [0, 0.1) is 0 Å². The highest BCUT2D eigenvalue weighted by atomic mass is 16.5. The first-order valence-electron chi connectivity index (χ1n) is 5.45. The second-order valence-electron chi connectivity index (χ2n) is 4.55. The van der Waals surface area contributed by atoms with E-state index in [0.29, 0.717) is 6.04 Å². The van der Waals surface area contributed by atoms with E-state index >= 15 is 0 Å². The van der Waals surface area contributed by atoms with E-state index < -0.39 is 0 Å². The van der Waals surface area contributed by atoms with Crippen LogP contribution in [0.2, 0.25) is 0 Å². The molecule has 1 fully saturated rings. The molecule has 0 bridgehead atoms. The molecule has 1 aliphatic rings. The fourth-order valence-corrected chi connectivity index (χ4v) is 1.80. The summed E-state index contributed by atoms with van der Waals surface area (Å²) < 4.78 is 5.36. The molecule has 1 saturated heterocycles. The molecule has 0 amide bonds. The van der Waals surface area contributed by atoms with Crippen LogP contribution in [0.25, 0.3) is 0 Å². The van der Waals surface area contributed by atoms with Crippen LogP contribution in [0.1, 0.15) is 19.4 Å². The van der Waals surface area contributed by atoms with Gasteiger partial charge in [-0.15, -0.1) is 0 Å². The lowest BCUT2D eigenvalue weighted by atomic mass is 9.79. The minimum Gasteiger partial charge on any atom is -0.379 e. The Kier molecular flexibility index (Phi) is 3.03. The molecule has 0 aliphatic carbocycles. The van der Waals surface area contributed by atoms with Gasteiger partial charge in [-0.1, -0.05) is 19.9 Å². The van der Waals surface area contributed by atoms with Gasteiger partial charge in [-0.3, -0.25) is 4.98 Å². The van der Waals surface area contributed by atoms with Gasteiger partial charge in [-0.25, -0.2) is 0 Å². The summed E-state index contributed by atoms with van der Waals surface area (Å²) in [5.41, 5.74) is 1.43. The minimum absolute atomic E-state index is 0.151. The zero-order chi connectivity index (χ0) is 10.7. The first kappa shape index (κ1) is 10.6. The van der Waals surface area contributed by atoms with Crippen molar-refractivity contribution < 1.29 is 4.74 Å². The Morgan fingerprint density at radius 3 is 2.80 bits per heavy atom. The lowest BCUT2D eigenvalue weighted by molar-refractivity contribution is -0.0598. The van der Waals surface area contributed by atoms with Gasteiger partial charge in [0.15, 0.2) is 0 Å². The molecule has 0 saturated carbocycles. The quantitative estimate of drug-likeness (QED) is 0.807. The van der Waals surface area contributed by atoms with Gasteiger partial charge in [-0.2, -0.15) is 0 Å². The predicted octanol–water partition coefficient (Wildman–Crippen LogP) is 1.35. The average molecular weight is 206 g/mol. The number of rotatable bonds is 4. The molecule has 1 N–H and O–H groups in total. The van der Waals surface area contributed by atoms with Crippen molar-refractivity contribution in [2.45, 2.75) is 25.3 Å². The molecule has 0 spiro atoms. The number of ether oxygens (including phenoxy) is 1. The smallest absolute Gasteiger partial charge is 0.0598 e. The van der Waals surface area contributed by atoms with Crippen molar-refractivity contribution in [3.63, 3.8) is 0 Å². The zero-order valence-corrected chi connectivity index (χ0v) is 9.36. The number of pyridine rings is 1. The molecule has 0 atom stereocenters. The summed E-state index contributed by atoms with van der Waals surface area (Å²) in [7, 11) is 0. The van der Waals surface area contributed by atoms with Gasteiger partial charge in [-0.05, 0) is 11.6 Å². The number of nitrogens with one attached hydrogen (secondary N) is 1. The van der Waals surface area contributed by atoms with E-state index in [1.807, 2.05) is 18.5 Å².